The lowest BCUT2D eigenvalue weighted by Gasteiger charge is -2.26. The minimum absolute atomic E-state index is 0.0565. The van der Waals surface area contributed by atoms with Crippen molar-refractivity contribution >= 4 is 16.0 Å². The lowest BCUT2D eigenvalue weighted by atomic mass is 10.1. The van der Waals surface area contributed by atoms with E-state index in [9.17, 15) is 13.2 Å². The molecule has 0 aliphatic heterocycles. The average Bonchev–Trinajstić information content (AvgIpc) is 2.11. The topological polar surface area (TPSA) is 72.5 Å². The minimum atomic E-state index is -3.42. The van der Waals surface area contributed by atoms with Crippen molar-refractivity contribution in [1.82, 2.24) is 4.72 Å². The molecule has 0 aromatic heterocycles. The number of rotatable bonds is 5. The van der Waals surface area contributed by atoms with E-state index in [1.807, 2.05) is 0 Å². The molecule has 102 valence electrons. The van der Waals surface area contributed by atoms with Crippen LogP contribution < -0.4 is 4.72 Å². The second-order valence-electron chi connectivity index (χ2n) is 5.28. The quantitative estimate of drug-likeness (QED) is 0.760. The van der Waals surface area contributed by atoms with Gasteiger partial charge in [0.05, 0.1) is 5.75 Å². The Morgan fingerprint density at radius 2 is 1.76 bits per heavy atom. The lowest BCUT2D eigenvalue weighted by molar-refractivity contribution is -0.158. The van der Waals surface area contributed by atoms with Gasteiger partial charge in [-0.2, -0.15) is 0 Å². The van der Waals surface area contributed by atoms with Crippen LogP contribution in [0.15, 0.2) is 0 Å². The van der Waals surface area contributed by atoms with Crippen LogP contribution in [0.2, 0.25) is 0 Å². The van der Waals surface area contributed by atoms with Crippen LogP contribution in [0.25, 0.3) is 0 Å². The van der Waals surface area contributed by atoms with Gasteiger partial charge < -0.3 is 4.74 Å². The Morgan fingerprint density at radius 1 is 1.29 bits per heavy atom. The van der Waals surface area contributed by atoms with Crippen LogP contribution in [0.3, 0.4) is 0 Å². The highest BCUT2D eigenvalue weighted by Gasteiger charge is 2.30. The summed E-state index contributed by atoms with van der Waals surface area (Å²) in [5.41, 5.74) is -0.623. The molecule has 0 radical (unpaired) electrons. The molecule has 0 aromatic rings. The second-order valence-corrected chi connectivity index (χ2v) is 7.32. The first-order chi connectivity index (χ1) is 7.48. The average molecular weight is 265 g/mol. The molecule has 0 aromatic carbocycles. The van der Waals surface area contributed by atoms with Gasteiger partial charge in [-0.05, 0) is 33.6 Å². The summed E-state index contributed by atoms with van der Waals surface area (Å²) in [5, 5.41) is 0. The molecule has 17 heavy (non-hydrogen) atoms. The van der Waals surface area contributed by atoms with Gasteiger partial charge in [0.1, 0.15) is 11.6 Å². The largest absolute Gasteiger partial charge is 0.459 e. The van der Waals surface area contributed by atoms with E-state index >= 15 is 0 Å². The maximum Gasteiger partial charge on any atom is 0.324 e. The third kappa shape index (κ3) is 6.63. The zero-order chi connectivity index (χ0) is 13.9. The second kappa shape index (κ2) is 5.82. The summed E-state index contributed by atoms with van der Waals surface area (Å²) in [6, 6.07) is -0.834. The van der Waals surface area contributed by atoms with Crippen LogP contribution >= 0.6 is 0 Å². The highest BCUT2D eigenvalue weighted by molar-refractivity contribution is 7.89. The molecule has 0 bridgehead atoms. The van der Waals surface area contributed by atoms with Crippen LogP contribution in [0.5, 0.6) is 0 Å². The van der Waals surface area contributed by atoms with E-state index in [0.717, 1.165) is 0 Å². The molecular formula is C11H23NO4S. The van der Waals surface area contributed by atoms with Gasteiger partial charge in [0, 0.05) is 0 Å². The number of sulfonamides is 1. The van der Waals surface area contributed by atoms with E-state index in [1.54, 1.807) is 34.6 Å². The van der Waals surface area contributed by atoms with Crippen molar-refractivity contribution in [2.24, 2.45) is 5.92 Å². The summed E-state index contributed by atoms with van der Waals surface area (Å²) in [5.74, 6) is -0.755. The van der Waals surface area contributed by atoms with Crippen LogP contribution in [0.4, 0.5) is 0 Å². The third-order valence-electron chi connectivity index (χ3n) is 2.01. The molecule has 5 nitrogen and oxygen atoms in total. The lowest BCUT2D eigenvalue weighted by Crippen LogP contribution is -2.47. The van der Waals surface area contributed by atoms with E-state index in [1.165, 1.54) is 6.92 Å². The van der Waals surface area contributed by atoms with Gasteiger partial charge in [0.15, 0.2) is 0 Å². The molecule has 0 fully saturated rings. The van der Waals surface area contributed by atoms with Crippen molar-refractivity contribution in [3.8, 4) is 0 Å². The smallest absolute Gasteiger partial charge is 0.324 e. The van der Waals surface area contributed by atoms with Gasteiger partial charge in [0.2, 0.25) is 10.0 Å². The number of hydrogen-bond acceptors (Lipinski definition) is 4. The van der Waals surface area contributed by atoms with Gasteiger partial charge in [-0.15, -0.1) is 0 Å². The van der Waals surface area contributed by atoms with Crippen molar-refractivity contribution in [3.63, 3.8) is 0 Å². The van der Waals surface area contributed by atoms with Crippen LogP contribution in [0.1, 0.15) is 41.5 Å². The molecule has 0 heterocycles. The zero-order valence-electron chi connectivity index (χ0n) is 11.4. The standard InChI is InChI=1S/C11H23NO4S/c1-7-17(14,15)12-9(8(2)3)10(13)16-11(4,5)6/h8-9,12H,7H2,1-6H3/t9-/m1/s1. The number of esters is 1. The number of carbonyl (C=O) groups is 1. The fourth-order valence-electron chi connectivity index (χ4n) is 1.10. The first-order valence-corrected chi connectivity index (χ1v) is 7.36. The van der Waals surface area contributed by atoms with E-state index in [2.05, 4.69) is 4.72 Å². The van der Waals surface area contributed by atoms with Crippen LogP contribution in [-0.4, -0.2) is 31.8 Å². The molecule has 0 aliphatic carbocycles. The number of ether oxygens (including phenoxy) is 1. The highest BCUT2D eigenvalue weighted by Crippen LogP contribution is 2.13. The van der Waals surface area contributed by atoms with Crippen molar-refractivity contribution in [3.05, 3.63) is 0 Å². The summed E-state index contributed by atoms with van der Waals surface area (Å²) in [6.45, 7) is 10.3. The molecule has 0 rings (SSSR count). The Hall–Kier alpha value is -0.620. The van der Waals surface area contributed by atoms with Crippen molar-refractivity contribution in [2.75, 3.05) is 5.75 Å². The van der Waals surface area contributed by atoms with E-state index in [-0.39, 0.29) is 11.7 Å². The summed E-state index contributed by atoms with van der Waals surface area (Å²) in [6.07, 6.45) is 0. The van der Waals surface area contributed by atoms with Crippen LogP contribution in [0, 0.1) is 5.92 Å². The molecule has 0 saturated heterocycles. The predicted octanol–water partition coefficient (Wildman–Crippen LogP) is 1.29. The summed E-state index contributed by atoms with van der Waals surface area (Å²) in [4.78, 5) is 11.8. The summed E-state index contributed by atoms with van der Waals surface area (Å²) in [7, 11) is -3.42. The molecule has 0 unspecified atom stereocenters. The Labute approximate surface area is 104 Å². The SMILES string of the molecule is CCS(=O)(=O)N[C@@H](C(=O)OC(C)(C)C)C(C)C. The van der Waals surface area contributed by atoms with E-state index < -0.39 is 27.6 Å². The predicted molar refractivity (Wildman–Crippen MR) is 67.1 cm³/mol. The molecule has 0 aliphatic rings. The molecule has 6 heteroatoms. The Kier molecular flexibility index (Phi) is 5.61. The zero-order valence-corrected chi connectivity index (χ0v) is 12.2. The van der Waals surface area contributed by atoms with Gasteiger partial charge in [-0.25, -0.2) is 13.1 Å². The molecule has 1 N–H and O–H groups in total. The number of hydrogen-bond donors (Lipinski definition) is 1. The van der Waals surface area contributed by atoms with E-state index in [4.69, 9.17) is 4.74 Å². The number of nitrogens with one attached hydrogen (secondary N) is 1. The molecular weight excluding hydrogens is 242 g/mol. The maximum atomic E-state index is 11.8. The summed E-state index contributed by atoms with van der Waals surface area (Å²) < 4.78 is 30.5. The minimum Gasteiger partial charge on any atom is -0.459 e. The normalized spacial score (nSPS) is 14.8. The van der Waals surface area contributed by atoms with Gasteiger partial charge in [0.25, 0.3) is 0 Å². The first kappa shape index (κ1) is 16.4. The molecule has 0 spiro atoms. The van der Waals surface area contributed by atoms with Crippen molar-refractivity contribution < 1.29 is 17.9 Å². The molecule has 0 amide bonds. The number of carbonyl (C=O) groups excluding carboxylic acids is 1. The van der Waals surface area contributed by atoms with E-state index in [0.29, 0.717) is 0 Å². The first-order valence-electron chi connectivity index (χ1n) is 5.71. The Balaban J connectivity index is 4.83. The Bertz CT molecular complexity index is 354. The van der Waals surface area contributed by atoms with Crippen molar-refractivity contribution in [2.45, 2.75) is 53.2 Å². The maximum absolute atomic E-state index is 11.8. The molecule has 1 atom stereocenters. The fourth-order valence-corrected chi connectivity index (χ4v) is 2.02. The van der Waals surface area contributed by atoms with Gasteiger partial charge in [-0.3, -0.25) is 4.79 Å². The fraction of sp³-hybridized carbons (Fsp3) is 0.909. The van der Waals surface area contributed by atoms with Gasteiger partial charge >= 0.3 is 5.97 Å². The van der Waals surface area contributed by atoms with Crippen molar-refractivity contribution in [1.29, 1.82) is 0 Å². The Morgan fingerprint density at radius 3 is 2.06 bits per heavy atom. The summed E-state index contributed by atoms with van der Waals surface area (Å²) >= 11 is 0. The highest BCUT2D eigenvalue weighted by atomic mass is 32.2. The van der Waals surface area contributed by atoms with Gasteiger partial charge in [-0.1, -0.05) is 13.8 Å². The molecule has 0 saturated carbocycles. The van der Waals surface area contributed by atoms with Crippen LogP contribution in [-0.2, 0) is 19.6 Å². The third-order valence-corrected chi connectivity index (χ3v) is 3.39. The monoisotopic (exact) mass is 265 g/mol.